The maximum Gasteiger partial charge on any atom is 0.252 e. The molecule has 8 heteroatoms. The van der Waals surface area contributed by atoms with Crippen LogP contribution in [0.15, 0.2) is 6.20 Å². The number of carbonyl (C=O) groups is 2. The summed E-state index contributed by atoms with van der Waals surface area (Å²) in [6.45, 7) is 2.83. The Morgan fingerprint density at radius 3 is 2.58 bits per heavy atom. The molecule has 1 saturated carbocycles. The van der Waals surface area contributed by atoms with E-state index in [4.69, 9.17) is 5.73 Å². The molecule has 8 nitrogen and oxygen atoms in total. The van der Waals surface area contributed by atoms with Crippen LogP contribution < -0.4 is 16.4 Å². The Labute approximate surface area is 153 Å². The second-order valence-corrected chi connectivity index (χ2v) is 7.13. The molecular weight excluding hydrogens is 332 g/mol. The molecule has 2 amide bonds. The van der Waals surface area contributed by atoms with Crippen LogP contribution in [-0.2, 0) is 11.2 Å². The van der Waals surface area contributed by atoms with Crippen LogP contribution in [0, 0.1) is 0 Å². The molecule has 1 aliphatic heterocycles. The lowest BCUT2D eigenvalue weighted by Crippen LogP contribution is -2.38. The van der Waals surface area contributed by atoms with Crippen LogP contribution in [-0.4, -0.2) is 58.9 Å². The molecule has 26 heavy (non-hydrogen) atoms. The number of amides is 2. The van der Waals surface area contributed by atoms with E-state index in [2.05, 4.69) is 25.5 Å². The van der Waals surface area contributed by atoms with Gasteiger partial charge < -0.3 is 16.4 Å². The summed E-state index contributed by atoms with van der Waals surface area (Å²) < 4.78 is 0. The SMILES string of the molecule is NC(=O)c1cnc(NC2CC2)nc1CCNC(=O)CN1CCCCCC1. The molecule has 2 fully saturated rings. The van der Waals surface area contributed by atoms with Gasteiger partial charge in [-0.25, -0.2) is 9.97 Å². The summed E-state index contributed by atoms with van der Waals surface area (Å²) >= 11 is 0. The lowest BCUT2D eigenvalue weighted by molar-refractivity contribution is -0.122. The lowest BCUT2D eigenvalue weighted by Gasteiger charge is -2.19. The second kappa shape index (κ2) is 8.93. The smallest absolute Gasteiger partial charge is 0.252 e. The first-order chi connectivity index (χ1) is 12.6. The van der Waals surface area contributed by atoms with Crippen molar-refractivity contribution >= 4 is 17.8 Å². The van der Waals surface area contributed by atoms with Gasteiger partial charge in [-0.1, -0.05) is 12.8 Å². The molecular formula is C18H28N6O2. The summed E-state index contributed by atoms with van der Waals surface area (Å²) in [7, 11) is 0. The van der Waals surface area contributed by atoms with E-state index in [0.717, 1.165) is 38.8 Å². The predicted octanol–water partition coefficient (Wildman–Crippen LogP) is 0.684. The minimum absolute atomic E-state index is 0.0120. The topological polar surface area (TPSA) is 113 Å². The zero-order valence-corrected chi connectivity index (χ0v) is 15.2. The van der Waals surface area contributed by atoms with E-state index >= 15 is 0 Å². The average Bonchev–Trinajstić information content (AvgIpc) is 3.43. The van der Waals surface area contributed by atoms with Crippen molar-refractivity contribution in [1.29, 1.82) is 0 Å². The molecule has 2 aliphatic rings. The zero-order valence-electron chi connectivity index (χ0n) is 15.2. The van der Waals surface area contributed by atoms with Gasteiger partial charge in [0, 0.05) is 25.2 Å². The van der Waals surface area contributed by atoms with E-state index in [9.17, 15) is 9.59 Å². The van der Waals surface area contributed by atoms with Gasteiger partial charge in [-0.2, -0.15) is 0 Å². The van der Waals surface area contributed by atoms with Gasteiger partial charge in [0.15, 0.2) is 0 Å². The van der Waals surface area contributed by atoms with Gasteiger partial charge in [-0.3, -0.25) is 14.5 Å². The van der Waals surface area contributed by atoms with Crippen molar-refractivity contribution in [3.05, 3.63) is 17.5 Å². The van der Waals surface area contributed by atoms with E-state index < -0.39 is 5.91 Å². The highest BCUT2D eigenvalue weighted by atomic mass is 16.2. The summed E-state index contributed by atoms with van der Waals surface area (Å²) in [5.41, 5.74) is 6.30. The standard InChI is InChI=1S/C18H28N6O2/c19-17(26)14-11-21-18(22-13-5-6-13)23-15(14)7-8-20-16(25)12-24-9-3-1-2-4-10-24/h11,13H,1-10,12H2,(H2,19,26)(H,20,25)(H,21,22,23). The van der Waals surface area contributed by atoms with Crippen LogP contribution in [0.5, 0.6) is 0 Å². The number of carbonyl (C=O) groups excluding carboxylic acids is 2. The molecule has 0 bridgehead atoms. The van der Waals surface area contributed by atoms with Gasteiger partial charge >= 0.3 is 0 Å². The monoisotopic (exact) mass is 360 g/mol. The van der Waals surface area contributed by atoms with E-state index in [1.165, 1.54) is 19.0 Å². The molecule has 1 aromatic rings. The molecule has 2 heterocycles. The minimum Gasteiger partial charge on any atom is -0.365 e. The normalized spacial score (nSPS) is 18.2. The number of hydrogen-bond acceptors (Lipinski definition) is 6. The van der Waals surface area contributed by atoms with Crippen molar-refractivity contribution in [2.24, 2.45) is 5.73 Å². The van der Waals surface area contributed by atoms with Gasteiger partial charge in [0.2, 0.25) is 11.9 Å². The number of nitrogens with two attached hydrogens (primary N) is 1. The molecule has 0 atom stereocenters. The maximum atomic E-state index is 12.2. The van der Waals surface area contributed by atoms with Crippen molar-refractivity contribution in [3.63, 3.8) is 0 Å². The Kier molecular flexibility index (Phi) is 6.38. The number of nitrogens with one attached hydrogen (secondary N) is 2. The average molecular weight is 360 g/mol. The Balaban J connectivity index is 1.50. The van der Waals surface area contributed by atoms with Gasteiger partial charge in [0.05, 0.1) is 17.8 Å². The number of rotatable bonds is 8. The van der Waals surface area contributed by atoms with Crippen molar-refractivity contribution in [1.82, 2.24) is 20.2 Å². The number of likely N-dealkylation sites (tertiary alicyclic amines) is 1. The van der Waals surface area contributed by atoms with E-state index in [1.807, 2.05) is 0 Å². The van der Waals surface area contributed by atoms with Crippen LogP contribution in [0.4, 0.5) is 5.95 Å². The first kappa shape index (κ1) is 18.6. The highest BCUT2D eigenvalue weighted by Crippen LogP contribution is 2.23. The molecule has 1 aliphatic carbocycles. The third-order valence-electron chi connectivity index (χ3n) is 4.79. The second-order valence-electron chi connectivity index (χ2n) is 7.13. The summed E-state index contributed by atoms with van der Waals surface area (Å²) in [6.07, 6.45) is 8.96. The van der Waals surface area contributed by atoms with Crippen LogP contribution in [0.2, 0.25) is 0 Å². The van der Waals surface area contributed by atoms with Gasteiger partial charge in [0.25, 0.3) is 5.91 Å². The molecule has 0 aromatic carbocycles. The quantitative estimate of drug-likeness (QED) is 0.628. The summed E-state index contributed by atoms with van der Waals surface area (Å²) in [6, 6.07) is 0.426. The first-order valence-corrected chi connectivity index (χ1v) is 9.53. The zero-order chi connectivity index (χ0) is 18.4. The Bertz CT molecular complexity index is 639. The number of aromatic nitrogens is 2. The summed E-state index contributed by atoms with van der Waals surface area (Å²) in [5.74, 6) is -0.0184. The van der Waals surface area contributed by atoms with Crippen LogP contribution in [0.1, 0.15) is 54.6 Å². The first-order valence-electron chi connectivity index (χ1n) is 9.53. The number of hydrogen-bond donors (Lipinski definition) is 3. The molecule has 1 aromatic heterocycles. The van der Waals surface area contributed by atoms with Crippen molar-refractivity contribution < 1.29 is 9.59 Å². The lowest BCUT2D eigenvalue weighted by atomic mass is 10.1. The third kappa shape index (κ3) is 5.66. The highest BCUT2D eigenvalue weighted by molar-refractivity contribution is 5.93. The fraction of sp³-hybridized carbons (Fsp3) is 0.667. The molecule has 3 rings (SSSR count). The summed E-state index contributed by atoms with van der Waals surface area (Å²) in [4.78, 5) is 34.5. The Morgan fingerprint density at radius 2 is 1.92 bits per heavy atom. The molecule has 0 unspecified atom stereocenters. The fourth-order valence-corrected chi connectivity index (χ4v) is 3.17. The van der Waals surface area contributed by atoms with Gasteiger partial charge in [0.1, 0.15) is 0 Å². The van der Waals surface area contributed by atoms with Gasteiger partial charge in [-0.15, -0.1) is 0 Å². The minimum atomic E-state index is -0.547. The van der Waals surface area contributed by atoms with Gasteiger partial charge in [-0.05, 0) is 38.8 Å². The number of nitrogens with zero attached hydrogens (tertiary/aromatic N) is 3. The van der Waals surface area contributed by atoms with Crippen molar-refractivity contribution in [3.8, 4) is 0 Å². The van der Waals surface area contributed by atoms with Crippen LogP contribution in [0.3, 0.4) is 0 Å². The maximum absolute atomic E-state index is 12.2. The largest absolute Gasteiger partial charge is 0.365 e. The van der Waals surface area contributed by atoms with E-state index in [-0.39, 0.29) is 5.91 Å². The van der Waals surface area contributed by atoms with E-state index in [0.29, 0.717) is 42.8 Å². The summed E-state index contributed by atoms with van der Waals surface area (Å²) in [5, 5.41) is 6.14. The number of primary amides is 1. The Morgan fingerprint density at radius 1 is 1.19 bits per heavy atom. The molecule has 1 saturated heterocycles. The fourth-order valence-electron chi connectivity index (χ4n) is 3.17. The molecule has 0 spiro atoms. The highest BCUT2D eigenvalue weighted by Gasteiger charge is 2.22. The Hall–Kier alpha value is -2.22. The molecule has 0 radical (unpaired) electrons. The molecule has 142 valence electrons. The van der Waals surface area contributed by atoms with Crippen LogP contribution >= 0.6 is 0 Å². The van der Waals surface area contributed by atoms with Crippen molar-refractivity contribution in [2.75, 3.05) is 31.5 Å². The molecule has 4 N–H and O–H groups in total. The van der Waals surface area contributed by atoms with E-state index in [1.54, 1.807) is 0 Å². The third-order valence-corrected chi connectivity index (χ3v) is 4.79. The predicted molar refractivity (Wildman–Crippen MR) is 98.8 cm³/mol. The van der Waals surface area contributed by atoms with Crippen LogP contribution in [0.25, 0.3) is 0 Å². The number of anilines is 1. The van der Waals surface area contributed by atoms with Crippen molar-refractivity contribution in [2.45, 2.75) is 51.0 Å².